The van der Waals surface area contributed by atoms with Crippen LogP contribution in [0.3, 0.4) is 0 Å². The Hall–Kier alpha value is -1.99. The van der Waals surface area contributed by atoms with Gasteiger partial charge in [-0.1, -0.05) is 59.6 Å². The molecule has 2 aromatic carbocycles. The van der Waals surface area contributed by atoms with E-state index in [2.05, 4.69) is 0 Å². The van der Waals surface area contributed by atoms with E-state index in [9.17, 15) is 14.7 Å². The average molecular weight is 438 g/mol. The number of carbonyl (C=O) groups is 1. The monoisotopic (exact) mass is 437 g/mol. The van der Waals surface area contributed by atoms with Crippen molar-refractivity contribution in [2.24, 2.45) is 0 Å². The summed E-state index contributed by atoms with van der Waals surface area (Å²) in [6.45, 7) is 0. The van der Waals surface area contributed by atoms with Gasteiger partial charge in [0.05, 0.1) is 5.02 Å². The third-order valence-electron chi connectivity index (χ3n) is 3.95. The highest BCUT2D eigenvalue weighted by molar-refractivity contribution is 7.73. The minimum Gasteiger partial charge on any atom is -0.480 e. The smallest absolute Gasteiger partial charge is 0.327 e. The van der Waals surface area contributed by atoms with Gasteiger partial charge in [-0.3, -0.25) is 9.36 Å². The van der Waals surface area contributed by atoms with Crippen LogP contribution in [0.2, 0.25) is 10.0 Å². The van der Waals surface area contributed by atoms with Gasteiger partial charge in [0.2, 0.25) is 0 Å². The number of carboxylic acids is 1. The maximum Gasteiger partial charge on any atom is 0.327 e. The minimum absolute atomic E-state index is 0.160. The summed E-state index contributed by atoms with van der Waals surface area (Å²) in [6.07, 6.45) is 0.160. The number of hydrogen-bond donors (Lipinski definition) is 1. The number of rotatable bonds is 5. The molecule has 0 saturated heterocycles. The van der Waals surface area contributed by atoms with Gasteiger partial charge in [-0.2, -0.15) is 0 Å². The van der Waals surface area contributed by atoms with Crippen molar-refractivity contribution in [3.63, 3.8) is 0 Å². The Balaban J connectivity index is 2.07. The summed E-state index contributed by atoms with van der Waals surface area (Å²) >= 11 is 18.6. The summed E-state index contributed by atoms with van der Waals surface area (Å²) in [4.78, 5) is 25.1. The summed E-state index contributed by atoms with van der Waals surface area (Å²) in [5.74, 6) is -1.11. The lowest BCUT2D eigenvalue weighted by atomic mass is 10.1. The molecular formula is C19H13Cl2NO3S2. The van der Waals surface area contributed by atoms with Crippen molar-refractivity contribution < 1.29 is 9.90 Å². The zero-order valence-electron chi connectivity index (χ0n) is 13.8. The maximum atomic E-state index is 12.7. The van der Waals surface area contributed by atoms with Crippen LogP contribution in [0.15, 0.2) is 59.4 Å². The van der Waals surface area contributed by atoms with Gasteiger partial charge in [0.25, 0.3) is 5.56 Å². The highest BCUT2D eigenvalue weighted by Crippen LogP contribution is 2.32. The van der Waals surface area contributed by atoms with E-state index < -0.39 is 17.6 Å². The van der Waals surface area contributed by atoms with E-state index in [0.29, 0.717) is 20.5 Å². The quantitative estimate of drug-likeness (QED) is 0.536. The van der Waals surface area contributed by atoms with Crippen LogP contribution in [0.1, 0.15) is 11.6 Å². The van der Waals surface area contributed by atoms with Crippen LogP contribution in [0, 0.1) is 3.95 Å². The fraction of sp³-hybridized carbons (Fsp3) is 0.105. The highest BCUT2D eigenvalue weighted by Gasteiger charge is 2.23. The van der Waals surface area contributed by atoms with Gasteiger partial charge in [-0.15, -0.1) is 11.3 Å². The zero-order chi connectivity index (χ0) is 19.6. The lowest BCUT2D eigenvalue weighted by Crippen LogP contribution is -2.31. The van der Waals surface area contributed by atoms with E-state index in [-0.39, 0.29) is 10.4 Å². The van der Waals surface area contributed by atoms with Crippen LogP contribution >= 0.6 is 46.8 Å². The fourth-order valence-electron chi connectivity index (χ4n) is 2.67. The number of nitrogens with zero attached hydrogens (tertiary/aromatic N) is 1. The Morgan fingerprint density at radius 2 is 1.85 bits per heavy atom. The standard InChI is InChI=1S/C19H13Cl2NO3S2/c20-12-6-7-13(14(21)9-12)16-10-17(23)22(19(26)27-16)15(18(24)25)8-11-4-2-1-3-5-11/h1-7,9-10,15H,8H2,(H,24,25). The lowest BCUT2D eigenvalue weighted by Gasteiger charge is -2.16. The van der Waals surface area contributed by atoms with Gasteiger partial charge in [-0.25, -0.2) is 4.79 Å². The first-order valence-electron chi connectivity index (χ1n) is 7.85. The molecule has 1 heterocycles. The number of aliphatic carboxylic acids is 1. The second kappa shape index (κ2) is 8.35. The summed E-state index contributed by atoms with van der Waals surface area (Å²) in [5, 5.41) is 10.5. The second-order valence-corrected chi connectivity index (χ2v) is 8.27. The predicted molar refractivity (Wildman–Crippen MR) is 112 cm³/mol. The van der Waals surface area contributed by atoms with Crippen LogP contribution in [-0.2, 0) is 11.2 Å². The van der Waals surface area contributed by atoms with Gasteiger partial charge in [-0.05, 0) is 29.9 Å². The molecule has 0 radical (unpaired) electrons. The van der Waals surface area contributed by atoms with E-state index in [1.165, 1.54) is 6.07 Å². The van der Waals surface area contributed by atoms with Crippen molar-refractivity contribution in [1.82, 2.24) is 4.57 Å². The molecule has 0 spiro atoms. The van der Waals surface area contributed by atoms with Gasteiger partial charge < -0.3 is 5.11 Å². The minimum atomic E-state index is -1.11. The van der Waals surface area contributed by atoms with Crippen molar-refractivity contribution >= 4 is 52.7 Å². The molecule has 0 aliphatic rings. The molecule has 1 N–H and O–H groups in total. The molecule has 0 saturated carbocycles. The van der Waals surface area contributed by atoms with Crippen LogP contribution < -0.4 is 5.56 Å². The predicted octanol–water partition coefficient (Wildman–Crippen LogP) is 5.48. The van der Waals surface area contributed by atoms with Crippen molar-refractivity contribution in [1.29, 1.82) is 0 Å². The maximum absolute atomic E-state index is 12.7. The zero-order valence-corrected chi connectivity index (χ0v) is 16.9. The molecule has 8 heteroatoms. The Morgan fingerprint density at radius 1 is 1.15 bits per heavy atom. The average Bonchev–Trinajstić information content (AvgIpc) is 2.61. The molecule has 1 aromatic heterocycles. The normalized spacial score (nSPS) is 11.9. The van der Waals surface area contributed by atoms with Gasteiger partial charge in [0.15, 0.2) is 3.95 Å². The molecule has 0 aliphatic carbocycles. The molecule has 0 bridgehead atoms. The summed E-state index contributed by atoms with van der Waals surface area (Å²) < 4.78 is 1.31. The molecule has 0 aliphatic heterocycles. The molecule has 4 nitrogen and oxygen atoms in total. The highest BCUT2D eigenvalue weighted by atomic mass is 35.5. The first kappa shape index (κ1) is 19.8. The van der Waals surface area contributed by atoms with E-state index in [4.69, 9.17) is 35.4 Å². The number of carboxylic acid groups (broad SMARTS) is 1. The van der Waals surface area contributed by atoms with Crippen LogP contribution in [0.25, 0.3) is 10.4 Å². The van der Waals surface area contributed by atoms with Gasteiger partial charge in [0, 0.05) is 28.0 Å². The summed E-state index contributed by atoms with van der Waals surface area (Å²) in [6, 6.07) is 14.3. The first-order chi connectivity index (χ1) is 12.9. The van der Waals surface area contributed by atoms with Crippen molar-refractivity contribution in [3.05, 3.63) is 84.5 Å². The first-order valence-corrected chi connectivity index (χ1v) is 9.83. The number of aromatic nitrogens is 1. The van der Waals surface area contributed by atoms with Crippen LogP contribution in [0.5, 0.6) is 0 Å². The van der Waals surface area contributed by atoms with Gasteiger partial charge in [0.1, 0.15) is 6.04 Å². The number of hydrogen-bond acceptors (Lipinski definition) is 4. The molecule has 138 valence electrons. The third kappa shape index (κ3) is 4.47. The van der Waals surface area contributed by atoms with Crippen molar-refractivity contribution in [2.45, 2.75) is 12.5 Å². The Labute approximate surface area is 174 Å². The molecule has 0 amide bonds. The lowest BCUT2D eigenvalue weighted by molar-refractivity contribution is -0.141. The topological polar surface area (TPSA) is 59.3 Å². The van der Waals surface area contributed by atoms with Crippen LogP contribution in [0.4, 0.5) is 0 Å². The molecule has 1 atom stereocenters. The molecule has 1 unspecified atom stereocenters. The SMILES string of the molecule is O=C(O)C(Cc1ccccc1)n1c(=O)cc(-c2ccc(Cl)cc2Cl)sc1=S. The third-order valence-corrected chi connectivity index (χ3v) is 5.87. The van der Waals surface area contributed by atoms with E-state index in [1.807, 2.05) is 30.3 Å². The summed E-state index contributed by atoms with van der Waals surface area (Å²) in [7, 11) is 0. The van der Waals surface area contributed by atoms with E-state index in [1.54, 1.807) is 18.2 Å². The largest absolute Gasteiger partial charge is 0.480 e. The molecular weight excluding hydrogens is 425 g/mol. The Kier molecular flexibility index (Phi) is 6.11. The van der Waals surface area contributed by atoms with Gasteiger partial charge >= 0.3 is 5.97 Å². The molecule has 3 rings (SSSR count). The fourth-order valence-corrected chi connectivity index (χ4v) is 4.68. The summed E-state index contributed by atoms with van der Waals surface area (Å²) in [5.41, 5.74) is 0.945. The molecule has 3 aromatic rings. The number of halogens is 2. The molecule has 27 heavy (non-hydrogen) atoms. The van der Waals surface area contributed by atoms with Crippen molar-refractivity contribution in [3.8, 4) is 10.4 Å². The van der Waals surface area contributed by atoms with Crippen molar-refractivity contribution in [2.75, 3.05) is 0 Å². The Morgan fingerprint density at radius 3 is 2.44 bits per heavy atom. The second-order valence-electron chi connectivity index (χ2n) is 5.75. The van der Waals surface area contributed by atoms with E-state index >= 15 is 0 Å². The van der Waals surface area contributed by atoms with E-state index in [0.717, 1.165) is 21.5 Å². The Bertz CT molecular complexity index is 1080. The number of benzene rings is 2. The molecule has 0 fully saturated rings. The van der Waals surface area contributed by atoms with Crippen LogP contribution in [-0.4, -0.2) is 15.6 Å².